The Labute approximate surface area is 205 Å². The quantitative estimate of drug-likeness (QED) is 0.209. The fourth-order valence-electron chi connectivity index (χ4n) is 3.51. The van der Waals surface area contributed by atoms with Crippen molar-refractivity contribution in [2.45, 2.75) is 32.1 Å². The van der Waals surface area contributed by atoms with E-state index in [2.05, 4.69) is 15.4 Å². The molecule has 1 aliphatic heterocycles. The molecular formula is C24H25N5O7. The Bertz CT molecular complexity index is 1200. The number of aromatic nitrogens is 3. The van der Waals surface area contributed by atoms with E-state index in [-0.39, 0.29) is 24.3 Å². The van der Waals surface area contributed by atoms with Crippen molar-refractivity contribution >= 4 is 47.5 Å². The minimum Gasteiger partial charge on any atom is -0.478 e. The van der Waals surface area contributed by atoms with Crippen molar-refractivity contribution in [1.29, 1.82) is 0 Å². The topological polar surface area (TPSA) is 171 Å². The van der Waals surface area contributed by atoms with Gasteiger partial charge in [0.2, 0.25) is 5.91 Å². The van der Waals surface area contributed by atoms with E-state index < -0.39 is 11.9 Å². The van der Waals surface area contributed by atoms with E-state index in [4.69, 9.17) is 10.2 Å². The highest BCUT2D eigenvalue weighted by atomic mass is 16.4. The zero-order chi connectivity index (χ0) is 26.1. The first-order chi connectivity index (χ1) is 17.2. The molecule has 0 bridgehead atoms. The third-order valence-electron chi connectivity index (χ3n) is 5.25. The highest BCUT2D eigenvalue weighted by Crippen LogP contribution is 2.16. The first kappa shape index (κ1) is 26.0. The average Bonchev–Trinajstić information content (AvgIpc) is 3.39. The molecule has 12 nitrogen and oxygen atoms in total. The SMILES string of the molecule is O=C(O)/C=C/c1ccc(/C=C/C(=O)O)n2nc(CCNC(=O)CCCCCN3C(=O)C=CC3=O)nc12. The van der Waals surface area contributed by atoms with Crippen LogP contribution in [-0.2, 0) is 30.4 Å². The van der Waals surface area contributed by atoms with Crippen LogP contribution < -0.4 is 5.32 Å². The lowest BCUT2D eigenvalue weighted by Gasteiger charge is -2.13. The molecule has 0 saturated heterocycles. The normalized spacial score (nSPS) is 13.5. The number of nitrogens with zero attached hydrogens (tertiary/aromatic N) is 4. The summed E-state index contributed by atoms with van der Waals surface area (Å²) in [6.45, 7) is 0.609. The molecule has 3 rings (SSSR count). The number of pyridine rings is 1. The number of nitrogens with one attached hydrogen (secondary N) is 1. The monoisotopic (exact) mass is 495 g/mol. The highest BCUT2D eigenvalue weighted by Gasteiger charge is 2.22. The highest BCUT2D eigenvalue weighted by molar-refractivity contribution is 6.12. The lowest BCUT2D eigenvalue weighted by atomic mass is 10.2. The number of rotatable bonds is 13. The number of hydrogen-bond acceptors (Lipinski definition) is 7. The summed E-state index contributed by atoms with van der Waals surface area (Å²) < 4.78 is 1.42. The van der Waals surface area contributed by atoms with Crippen LogP contribution in [0.1, 0.15) is 42.8 Å². The summed E-state index contributed by atoms with van der Waals surface area (Å²) in [5.41, 5.74) is 1.28. The second kappa shape index (κ2) is 12.2. The van der Waals surface area contributed by atoms with Gasteiger partial charge >= 0.3 is 11.9 Å². The largest absolute Gasteiger partial charge is 0.478 e. The number of carboxylic acid groups (broad SMARTS) is 2. The molecule has 2 aromatic heterocycles. The molecular weight excluding hydrogens is 470 g/mol. The van der Waals surface area contributed by atoms with Gasteiger partial charge in [0.05, 0.1) is 5.69 Å². The number of fused-ring (bicyclic) bond motifs is 1. The van der Waals surface area contributed by atoms with Crippen molar-refractivity contribution in [3.8, 4) is 0 Å². The van der Waals surface area contributed by atoms with Gasteiger partial charge in [-0.25, -0.2) is 19.1 Å². The van der Waals surface area contributed by atoms with E-state index in [1.165, 1.54) is 33.7 Å². The first-order valence-corrected chi connectivity index (χ1v) is 11.3. The maximum atomic E-state index is 12.1. The van der Waals surface area contributed by atoms with Gasteiger partial charge in [0, 0.05) is 55.8 Å². The lowest BCUT2D eigenvalue weighted by Crippen LogP contribution is -2.30. The minimum atomic E-state index is -1.13. The summed E-state index contributed by atoms with van der Waals surface area (Å²) in [5, 5.41) is 25.0. The van der Waals surface area contributed by atoms with Crippen LogP contribution in [0.15, 0.2) is 36.4 Å². The number of amides is 3. The first-order valence-electron chi connectivity index (χ1n) is 11.3. The second-order valence-electron chi connectivity index (χ2n) is 7.89. The molecule has 36 heavy (non-hydrogen) atoms. The number of imide groups is 1. The molecule has 3 N–H and O–H groups in total. The van der Waals surface area contributed by atoms with E-state index in [0.29, 0.717) is 61.4 Å². The van der Waals surface area contributed by atoms with Crippen LogP contribution in [0.5, 0.6) is 0 Å². The Kier molecular flexibility index (Phi) is 8.81. The number of unbranched alkanes of at least 4 members (excludes halogenated alkanes) is 2. The van der Waals surface area contributed by atoms with Gasteiger partial charge in [-0.05, 0) is 37.1 Å². The standard InChI is InChI=1S/C24H25N5O7/c30-19(4-2-1-3-15-28-20(31)9-10-21(28)32)25-14-13-18-26-24-16(6-11-22(33)34)5-7-17(29(24)27-18)8-12-23(35)36/h5-12H,1-4,13-15H2,(H,25,30)(H,33,34)(H,35,36)/b11-6+,12-8+. The van der Waals surface area contributed by atoms with Gasteiger partial charge in [-0.3, -0.25) is 19.3 Å². The van der Waals surface area contributed by atoms with Gasteiger partial charge in [-0.15, -0.1) is 0 Å². The third-order valence-corrected chi connectivity index (χ3v) is 5.25. The molecule has 1 aliphatic rings. The van der Waals surface area contributed by atoms with E-state index in [9.17, 15) is 24.0 Å². The Morgan fingerprint density at radius 2 is 1.64 bits per heavy atom. The number of aliphatic carboxylic acids is 2. The Morgan fingerprint density at radius 1 is 0.944 bits per heavy atom. The molecule has 0 aliphatic carbocycles. The number of carbonyl (C=O) groups is 5. The van der Waals surface area contributed by atoms with E-state index in [1.807, 2.05) is 0 Å². The molecule has 0 radical (unpaired) electrons. The van der Waals surface area contributed by atoms with Crippen LogP contribution in [0.4, 0.5) is 0 Å². The molecule has 2 aromatic rings. The number of carbonyl (C=O) groups excluding carboxylic acids is 3. The van der Waals surface area contributed by atoms with E-state index >= 15 is 0 Å². The fraction of sp³-hybridized carbons (Fsp3) is 0.292. The Morgan fingerprint density at radius 3 is 2.33 bits per heavy atom. The minimum absolute atomic E-state index is 0.149. The van der Waals surface area contributed by atoms with Crippen molar-refractivity contribution in [1.82, 2.24) is 24.8 Å². The molecule has 0 fully saturated rings. The Balaban J connectivity index is 1.51. The summed E-state index contributed by atoms with van der Waals surface area (Å²) in [5.74, 6) is -2.63. The van der Waals surface area contributed by atoms with Crippen LogP contribution in [0.25, 0.3) is 17.8 Å². The van der Waals surface area contributed by atoms with Gasteiger partial charge in [0.25, 0.3) is 11.8 Å². The van der Waals surface area contributed by atoms with Crippen LogP contribution in [0, 0.1) is 0 Å². The van der Waals surface area contributed by atoms with Crippen LogP contribution in [0.3, 0.4) is 0 Å². The summed E-state index contributed by atoms with van der Waals surface area (Å²) in [7, 11) is 0. The molecule has 0 atom stereocenters. The summed E-state index contributed by atoms with van der Waals surface area (Å²) in [6, 6.07) is 3.21. The van der Waals surface area contributed by atoms with Crippen LogP contribution in [-0.4, -0.2) is 72.5 Å². The van der Waals surface area contributed by atoms with E-state index in [1.54, 1.807) is 12.1 Å². The molecule has 0 spiro atoms. The van der Waals surface area contributed by atoms with Gasteiger partial charge in [-0.2, -0.15) is 5.10 Å². The maximum absolute atomic E-state index is 12.1. The predicted octanol–water partition coefficient (Wildman–Crippen LogP) is 1.07. The number of hydrogen-bond donors (Lipinski definition) is 3. The van der Waals surface area contributed by atoms with Crippen molar-refractivity contribution in [3.63, 3.8) is 0 Å². The summed E-state index contributed by atoms with van der Waals surface area (Å²) in [6.07, 6.45) is 9.67. The van der Waals surface area contributed by atoms with Crippen LogP contribution in [0.2, 0.25) is 0 Å². The Hall–Kier alpha value is -4.61. The zero-order valence-corrected chi connectivity index (χ0v) is 19.3. The fourth-order valence-corrected chi connectivity index (χ4v) is 3.51. The summed E-state index contributed by atoms with van der Waals surface area (Å²) in [4.78, 5) is 62.5. The van der Waals surface area contributed by atoms with Gasteiger partial charge in [0.15, 0.2) is 11.5 Å². The van der Waals surface area contributed by atoms with E-state index in [0.717, 1.165) is 12.2 Å². The van der Waals surface area contributed by atoms with Crippen molar-refractivity contribution in [3.05, 3.63) is 53.5 Å². The molecule has 0 unspecified atom stereocenters. The summed E-state index contributed by atoms with van der Waals surface area (Å²) >= 11 is 0. The van der Waals surface area contributed by atoms with Crippen molar-refractivity contribution in [2.75, 3.05) is 13.1 Å². The molecule has 188 valence electrons. The smallest absolute Gasteiger partial charge is 0.328 e. The maximum Gasteiger partial charge on any atom is 0.328 e. The second-order valence-corrected chi connectivity index (χ2v) is 7.89. The van der Waals surface area contributed by atoms with Crippen molar-refractivity contribution < 1.29 is 34.2 Å². The van der Waals surface area contributed by atoms with Gasteiger partial charge < -0.3 is 15.5 Å². The number of carboxylic acids is 2. The average molecular weight is 495 g/mol. The predicted molar refractivity (Wildman–Crippen MR) is 127 cm³/mol. The lowest BCUT2D eigenvalue weighted by molar-refractivity contribution is -0.137. The molecule has 0 aromatic carbocycles. The third kappa shape index (κ3) is 7.19. The molecule has 3 amide bonds. The molecule has 3 heterocycles. The zero-order valence-electron chi connectivity index (χ0n) is 19.3. The van der Waals surface area contributed by atoms with Gasteiger partial charge in [0.1, 0.15) is 0 Å². The molecule has 0 saturated carbocycles. The van der Waals surface area contributed by atoms with Crippen LogP contribution >= 0.6 is 0 Å². The molecule has 12 heteroatoms. The van der Waals surface area contributed by atoms with Gasteiger partial charge in [-0.1, -0.05) is 6.42 Å². The van der Waals surface area contributed by atoms with Crippen molar-refractivity contribution in [2.24, 2.45) is 0 Å².